The fourth-order valence-corrected chi connectivity index (χ4v) is 1.34. The fraction of sp³-hybridized carbons (Fsp3) is 0.455. The van der Waals surface area contributed by atoms with E-state index in [4.69, 9.17) is 10.9 Å². The van der Waals surface area contributed by atoms with Crippen molar-refractivity contribution in [3.63, 3.8) is 0 Å². The van der Waals surface area contributed by atoms with Crippen molar-refractivity contribution in [2.24, 2.45) is 10.9 Å². The lowest BCUT2D eigenvalue weighted by Gasteiger charge is -2.04. The van der Waals surface area contributed by atoms with Gasteiger partial charge in [0.1, 0.15) is 5.84 Å². The van der Waals surface area contributed by atoms with Gasteiger partial charge in [0, 0.05) is 25.4 Å². The van der Waals surface area contributed by atoms with Gasteiger partial charge in [0.25, 0.3) is 0 Å². The molecule has 0 radical (unpaired) electrons. The highest BCUT2D eigenvalue weighted by Gasteiger charge is 1.94. The van der Waals surface area contributed by atoms with Crippen LogP contribution >= 0.6 is 0 Å². The molecule has 4 N–H and O–H groups in total. The number of rotatable bonds is 7. The van der Waals surface area contributed by atoms with Gasteiger partial charge in [-0.3, -0.25) is 4.98 Å². The molecule has 0 aliphatic carbocycles. The molecule has 1 aromatic heterocycles. The number of nitrogens with one attached hydrogen (secondary N) is 1. The summed E-state index contributed by atoms with van der Waals surface area (Å²) in [6.45, 7) is 1.75. The normalized spacial score (nSPS) is 11.6. The lowest BCUT2D eigenvalue weighted by Crippen LogP contribution is -2.16. The second-order valence-corrected chi connectivity index (χ2v) is 3.59. The molecular formula is C11H18N4O. The van der Waals surface area contributed by atoms with Crippen LogP contribution < -0.4 is 11.1 Å². The number of oxime groups is 1. The summed E-state index contributed by atoms with van der Waals surface area (Å²) in [5, 5.41) is 14.6. The molecule has 0 fully saturated rings. The zero-order valence-corrected chi connectivity index (χ0v) is 9.26. The SMILES string of the molecule is NC(CCCCNCc1cccnc1)=NO. The van der Waals surface area contributed by atoms with Gasteiger partial charge in [-0.25, -0.2) is 0 Å². The Balaban J connectivity index is 2.01. The summed E-state index contributed by atoms with van der Waals surface area (Å²) in [5.41, 5.74) is 6.53. The molecule has 16 heavy (non-hydrogen) atoms. The summed E-state index contributed by atoms with van der Waals surface area (Å²) in [5.74, 6) is 0.298. The third-order valence-corrected chi connectivity index (χ3v) is 2.22. The zero-order valence-electron chi connectivity index (χ0n) is 9.26. The van der Waals surface area contributed by atoms with Crippen molar-refractivity contribution in [2.45, 2.75) is 25.8 Å². The number of nitrogens with zero attached hydrogens (tertiary/aromatic N) is 2. The maximum absolute atomic E-state index is 8.33. The first-order valence-corrected chi connectivity index (χ1v) is 5.39. The van der Waals surface area contributed by atoms with E-state index in [1.165, 1.54) is 5.56 Å². The second kappa shape index (κ2) is 7.64. The molecule has 0 spiro atoms. The molecule has 0 aliphatic heterocycles. The summed E-state index contributed by atoms with van der Waals surface area (Å²) in [7, 11) is 0. The van der Waals surface area contributed by atoms with Crippen LogP contribution in [0.25, 0.3) is 0 Å². The van der Waals surface area contributed by atoms with Crippen LogP contribution in [-0.4, -0.2) is 22.6 Å². The van der Waals surface area contributed by atoms with Crippen molar-refractivity contribution in [2.75, 3.05) is 6.54 Å². The predicted molar refractivity (Wildman–Crippen MR) is 63.2 cm³/mol. The summed E-state index contributed by atoms with van der Waals surface area (Å²) < 4.78 is 0. The van der Waals surface area contributed by atoms with Gasteiger partial charge in [0.05, 0.1) is 0 Å². The molecular weight excluding hydrogens is 204 g/mol. The first-order valence-electron chi connectivity index (χ1n) is 5.39. The van der Waals surface area contributed by atoms with E-state index in [0.717, 1.165) is 25.9 Å². The molecule has 0 amide bonds. The largest absolute Gasteiger partial charge is 0.409 e. The molecule has 0 atom stereocenters. The standard InChI is InChI=1S/C11H18N4O/c12-11(15-16)5-1-2-6-13-8-10-4-3-7-14-9-10/h3-4,7,9,13,16H,1-2,5-6,8H2,(H2,12,15). The molecule has 0 unspecified atom stereocenters. The molecule has 1 heterocycles. The van der Waals surface area contributed by atoms with Crippen molar-refractivity contribution in [1.29, 1.82) is 0 Å². The molecule has 5 heteroatoms. The van der Waals surface area contributed by atoms with Crippen LogP contribution in [0.1, 0.15) is 24.8 Å². The van der Waals surface area contributed by atoms with E-state index in [-0.39, 0.29) is 0 Å². The van der Waals surface area contributed by atoms with Crippen LogP contribution in [0, 0.1) is 0 Å². The molecule has 0 aromatic carbocycles. The first-order chi connectivity index (χ1) is 7.83. The number of aromatic nitrogens is 1. The molecule has 0 aliphatic rings. The van der Waals surface area contributed by atoms with E-state index in [2.05, 4.69) is 15.5 Å². The average Bonchev–Trinajstić information content (AvgIpc) is 2.34. The Kier molecular flexibility index (Phi) is 5.95. The molecule has 1 aromatic rings. The summed E-state index contributed by atoms with van der Waals surface area (Å²) in [6, 6.07) is 3.96. The molecule has 1 rings (SSSR count). The number of unbranched alkanes of at least 4 members (excludes halogenated alkanes) is 1. The topological polar surface area (TPSA) is 83.5 Å². The van der Waals surface area contributed by atoms with Gasteiger partial charge in [0.15, 0.2) is 0 Å². The number of pyridine rings is 1. The van der Waals surface area contributed by atoms with Crippen molar-refractivity contribution in [3.05, 3.63) is 30.1 Å². The van der Waals surface area contributed by atoms with Gasteiger partial charge in [0.2, 0.25) is 0 Å². The van der Waals surface area contributed by atoms with E-state index in [9.17, 15) is 0 Å². The second-order valence-electron chi connectivity index (χ2n) is 3.59. The fourth-order valence-electron chi connectivity index (χ4n) is 1.34. The monoisotopic (exact) mass is 222 g/mol. The Hall–Kier alpha value is -1.62. The highest BCUT2D eigenvalue weighted by molar-refractivity contribution is 5.79. The first kappa shape index (κ1) is 12.4. The highest BCUT2D eigenvalue weighted by atomic mass is 16.4. The maximum atomic E-state index is 8.33. The molecule has 5 nitrogen and oxygen atoms in total. The summed E-state index contributed by atoms with van der Waals surface area (Å²) in [4.78, 5) is 4.03. The summed E-state index contributed by atoms with van der Waals surface area (Å²) in [6.07, 6.45) is 6.20. The Morgan fingerprint density at radius 2 is 2.38 bits per heavy atom. The van der Waals surface area contributed by atoms with E-state index in [1.807, 2.05) is 18.3 Å². The zero-order chi connectivity index (χ0) is 11.6. The van der Waals surface area contributed by atoms with Crippen LogP contribution in [0.15, 0.2) is 29.7 Å². The van der Waals surface area contributed by atoms with Crippen LogP contribution in [0.3, 0.4) is 0 Å². The van der Waals surface area contributed by atoms with Crippen LogP contribution in [0.4, 0.5) is 0 Å². The smallest absolute Gasteiger partial charge is 0.139 e. The van der Waals surface area contributed by atoms with Gasteiger partial charge in [-0.05, 0) is 31.0 Å². The minimum Gasteiger partial charge on any atom is -0.409 e. The van der Waals surface area contributed by atoms with Gasteiger partial charge in [-0.2, -0.15) is 0 Å². The number of hydrogen-bond donors (Lipinski definition) is 3. The van der Waals surface area contributed by atoms with Gasteiger partial charge >= 0.3 is 0 Å². The van der Waals surface area contributed by atoms with Crippen LogP contribution in [0.2, 0.25) is 0 Å². The van der Waals surface area contributed by atoms with Crippen molar-refractivity contribution in [3.8, 4) is 0 Å². The maximum Gasteiger partial charge on any atom is 0.139 e. The minimum atomic E-state index is 0.298. The Morgan fingerprint density at radius 3 is 3.06 bits per heavy atom. The van der Waals surface area contributed by atoms with E-state index in [1.54, 1.807) is 6.20 Å². The van der Waals surface area contributed by atoms with Gasteiger partial charge < -0.3 is 16.3 Å². The number of amidine groups is 1. The van der Waals surface area contributed by atoms with E-state index in [0.29, 0.717) is 12.3 Å². The molecule has 88 valence electrons. The Labute approximate surface area is 95.4 Å². The van der Waals surface area contributed by atoms with Crippen LogP contribution in [0.5, 0.6) is 0 Å². The van der Waals surface area contributed by atoms with E-state index >= 15 is 0 Å². The van der Waals surface area contributed by atoms with Crippen molar-refractivity contribution < 1.29 is 5.21 Å². The number of nitrogens with two attached hydrogens (primary N) is 1. The van der Waals surface area contributed by atoms with Crippen molar-refractivity contribution in [1.82, 2.24) is 10.3 Å². The molecule has 0 saturated heterocycles. The molecule has 0 bridgehead atoms. The molecule has 0 saturated carbocycles. The third kappa shape index (κ3) is 5.31. The van der Waals surface area contributed by atoms with Gasteiger partial charge in [-0.15, -0.1) is 0 Å². The Bertz CT molecular complexity index is 313. The minimum absolute atomic E-state index is 0.298. The average molecular weight is 222 g/mol. The van der Waals surface area contributed by atoms with Crippen LogP contribution in [-0.2, 0) is 6.54 Å². The predicted octanol–water partition coefficient (Wildman–Crippen LogP) is 1.09. The summed E-state index contributed by atoms with van der Waals surface area (Å²) >= 11 is 0. The number of hydrogen-bond acceptors (Lipinski definition) is 4. The van der Waals surface area contributed by atoms with Crippen molar-refractivity contribution >= 4 is 5.84 Å². The quantitative estimate of drug-likeness (QED) is 0.212. The highest BCUT2D eigenvalue weighted by Crippen LogP contribution is 1.96. The third-order valence-electron chi connectivity index (χ3n) is 2.22. The van der Waals surface area contributed by atoms with E-state index < -0.39 is 0 Å². The lowest BCUT2D eigenvalue weighted by molar-refractivity contribution is 0.316. The van der Waals surface area contributed by atoms with Gasteiger partial charge in [-0.1, -0.05) is 11.2 Å². The lowest BCUT2D eigenvalue weighted by atomic mass is 10.2. The Morgan fingerprint density at radius 1 is 1.50 bits per heavy atom.